The number of ether oxygens (including phenoxy) is 1. The van der Waals surface area contributed by atoms with Gasteiger partial charge in [0.1, 0.15) is 11.8 Å². The summed E-state index contributed by atoms with van der Waals surface area (Å²) in [6.45, 7) is 4.64. The number of hydrogen-bond acceptors (Lipinski definition) is 5. The largest absolute Gasteiger partial charge is 0.497 e. The number of amides is 2. The molecule has 0 spiro atoms. The van der Waals surface area contributed by atoms with E-state index in [1.54, 1.807) is 37.4 Å². The first kappa shape index (κ1) is 24.8. The molecule has 1 N–H and O–H groups in total. The van der Waals surface area contributed by atoms with Crippen molar-refractivity contribution in [2.24, 2.45) is 0 Å². The molecule has 2 rings (SSSR count). The maximum atomic E-state index is 13.3. The van der Waals surface area contributed by atoms with Crippen molar-refractivity contribution in [3.05, 3.63) is 69.8 Å². The zero-order valence-electron chi connectivity index (χ0n) is 18.9. The zero-order valence-corrected chi connectivity index (χ0v) is 18.9. The van der Waals surface area contributed by atoms with Crippen LogP contribution in [0.5, 0.6) is 5.75 Å². The third kappa shape index (κ3) is 6.80. The summed E-state index contributed by atoms with van der Waals surface area (Å²) >= 11 is 0. The number of unbranched alkanes of at least 4 members (excludes halogenated alkanes) is 1. The zero-order chi connectivity index (χ0) is 23.5. The predicted molar refractivity (Wildman–Crippen MR) is 122 cm³/mol. The van der Waals surface area contributed by atoms with Crippen LogP contribution in [-0.4, -0.2) is 41.3 Å². The summed E-state index contributed by atoms with van der Waals surface area (Å²) in [5.74, 6) is 0.133. The number of hydrogen-bond donors (Lipinski definition) is 1. The number of nitro benzene ring substituents is 1. The topological polar surface area (TPSA) is 102 Å². The van der Waals surface area contributed by atoms with Gasteiger partial charge in [0.2, 0.25) is 11.8 Å². The van der Waals surface area contributed by atoms with E-state index in [1.165, 1.54) is 11.0 Å². The second-order valence-electron chi connectivity index (χ2n) is 7.50. The van der Waals surface area contributed by atoms with E-state index in [2.05, 4.69) is 5.32 Å². The Bertz CT molecular complexity index is 914. The van der Waals surface area contributed by atoms with Crippen molar-refractivity contribution in [1.29, 1.82) is 0 Å². The van der Waals surface area contributed by atoms with Crippen LogP contribution < -0.4 is 10.1 Å². The Hall–Kier alpha value is -3.42. The Kier molecular flexibility index (Phi) is 9.66. The lowest BCUT2D eigenvalue weighted by Gasteiger charge is -2.30. The molecule has 32 heavy (non-hydrogen) atoms. The highest BCUT2D eigenvalue weighted by molar-refractivity contribution is 5.88. The highest BCUT2D eigenvalue weighted by Crippen LogP contribution is 2.21. The summed E-state index contributed by atoms with van der Waals surface area (Å²) in [6, 6.07) is 12.8. The van der Waals surface area contributed by atoms with Crippen LogP contribution in [-0.2, 0) is 22.6 Å². The second-order valence-corrected chi connectivity index (χ2v) is 7.50. The second kappa shape index (κ2) is 12.4. The Morgan fingerprint density at radius 3 is 2.41 bits per heavy atom. The van der Waals surface area contributed by atoms with Crippen LogP contribution in [0.1, 0.15) is 44.2 Å². The van der Waals surface area contributed by atoms with Gasteiger partial charge in [-0.15, -0.1) is 0 Å². The maximum absolute atomic E-state index is 13.3. The molecule has 8 heteroatoms. The van der Waals surface area contributed by atoms with Crippen LogP contribution in [0.2, 0.25) is 0 Å². The van der Waals surface area contributed by atoms with Crippen LogP contribution in [0, 0.1) is 10.1 Å². The number of nitro groups is 1. The molecule has 0 bridgehead atoms. The first-order valence-corrected chi connectivity index (χ1v) is 10.8. The predicted octanol–water partition coefficient (Wildman–Crippen LogP) is 3.87. The van der Waals surface area contributed by atoms with Crippen LogP contribution in [0.25, 0.3) is 0 Å². The summed E-state index contributed by atoms with van der Waals surface area (Å²) in [6.07, 6.45) is 2.07. The van der Waals surface area contributed by atoms with E-state index in [4.69, 9.17) is 4.74 Å². The lowest BCUT2D eigenvalue weighted by atomic mass is 10.1. The molecular weight excluding hydrogens is 410 g/mol. The third-order valence-corrected chi connectivity index (χ3v) is 5.26. The van der Waals surface area contributed by atoms with Gasteiger partial charge in [0.15, 0.2) is 0 Å². The van der Waals surface area contributed by atoms with Gasteiger partial charge in [0.05, 0.1) is 18.5 Å². The van der Waals surface area contributed by atoms with Crippen molar-refractivity contribution in [2.45, 2.75) is 52.1 Å². The normalized spacial score (nSPS) is 11.5. The first-order valence-electron chi connectivity index (χ1n) is 10.8. The summed E-state index contributed by atoms with van der Waals surface area (Å²) in [7, 11) is 1.57. The fraction of sp³-hybridized carbons (Fsp3) is 0.417. The third-order valence-electron chi connectivity index (χ3n) is 5.26. The van der Waals surface area contributed by atoms with Crippen LogP contribution in [0.15, 0.2) is 48.5 Å². The van der Waals surface area contributed by atoms with E-state index >= 15 is 0 Å². The summed E-state index contributed by atoms with van der Waals surface area (Å²) in [5, 5.41) is 14.3. The summed E-state index contributed by atoms with van der Waals surface area (Å²) in [5.41, 5.74) is 1.05. The number of para-hydroxylation sites is 1. The minimum absolute atomic E-state index is 0.106. The molecule has 0 saturated heterocycles. The molecule has 172 valence electrons. The summed E-state index contributed by atoms with van der Waals surface area (Å²) in [4.78, 5) is 38.6. The molecular formula is C24H31N3O5. The Morgan fingerprint density at radius 2 is 1.81 bits per heavy atom. The number of benzene rings is 2. The van der Waals surface area contributed by atoms with Gasteiger partial charge in [-0.05, 0) is 30.5 Å². The molecule has 2 aromatic rings. The quantitative estimate of drug-likeness (QED) is 0.306. The first-order chi connectivity index (χ1) is 15.4. The van der Waals surface area contributed by atoms with Gasteiger partial charge in [0, 0.05) is 24.7 Å². The van der Waals surface area contributed by atoms with Gasteiger partial charge in [-0.2, -0.15) is 0 Å². The number of nitrogens with one attached hydrogen (secondary N) is 1. The Labute approximate surface area is 188 Å². The Morgan fingerprint density at radius 1 is 1.12 bits per heavy atom. The number of rotatable bonds is 12. The van der Waals surface area contributed by atoms with Crippen molar-refractivity contribution in [3.8, 4) is 5.75 Å². The monoisotopic (exact) mass is 441 g/mol. The van der Waals surface area contributed by atoms with E-state index in [0.29, 0.717) is 24.3 Å². The van der Waals surface area contributed by atoms with Crippen LogP contribution >= 0.6 is 0 Å². The smallest absolute Gasteiger partial charge is 0.273 e. The SMILES string of the molecule is CCCCNC(=O)[C@@H](CC)N(Cc1ccc(OC)cc1)C(=O)Cc1ccccc1[N+](=O)[O-]. The molecule has 0 aliphatic heterocycles. The van der Waals surface area contributed by atoms with E-state index < -0.39 is 11.0 Å². The molecule has 0 fully saturated rings. The number of methoxy groups -OCH3 is 1. The lowest BCUT2D eigenvalue weighted by molar-refractivity contribution is -0.385. The molecule has 0 aliphatic rings. The average molecular weight is 442 g/mol. The van der Waals surface area contributed by atoms with Gasteiger partial charge in [0.25, 0.3) is 5.69 Å². The molecule has 0 radical (unpaired) electrons. The fourth-order valence-corrected chi connectivity index (χ4v) is 3.46. The highest BCUT2D eigenvalue weighted by atomic mass is 16.6. The van der Waals surface area contributed by atoms with Gasteiger partial charge in [-0.3, -0.25) is 19.7 Å². The molecule has 2 amide bonds. The average Bonchev–Trinajstić information content (AvgIpc) is 2.79. The fourth-order valence-electron chi connectivity index (χ4n) is 3.46. The van der Waals surface area contributed by atoms with Crippen LogP contribution in [0.4, 0.5) is 5.69 Å². The van der Waals surface area contributed by atoms with Gasteiger partial charge in [-0.25, -0.2) is 0 Å². The van der Waals surface area contributed by atoms with Gasteiger partial charge in [-0.1, -0.05) is 50.6 Å². The molecule has 0 unspecified atom stereocenters. The molecule has 0 aromatic heterocycles. The van der Waals surface area contributed by atoms with E-state index in [9.17, 15) is 19.7 Å². The molecule has 0 saturated carbocycles. The van der Waals surface area contributed by atoms with Gasteiger partial charge >= 0.3 is 0 Å². The maximum Gasteiger partial charge on any atom is 0.273 e. The van der Waals surface area contributed by atoms with E-state index in [1.807, 2.05) is 26.0 Å². The number of carbonyl (C=O) groups excluding carboxylic acids is 2. The standard InChI is InChI=1S/C24H31N3O5/c1-4-6-15-25-24(29)21(5-2)26(17-18-11-13-20(32-3)14-12-18)23(28)16-19-9-7-8-10-22(19)27(30)31/h7-14,21H,4-6,15-17H2,1-3H3,(H,25,29)/t21-/m1/s1. The molecule has 0 heterocycles. The molecule has 0 aliphatic carbocycles. The minimum atomic E-state index is -0.677. The number of nitrogens with zero attached hydrogens (tertiary/aromatic N) is 2. The lowest BCUT2D eigenvalue weighted by Crippen LogP contribution is -2.49. The van der Waals surface area contributed by atoms with Crippen molar-refractivity contribution in [1.82, 2.24) is 10.2 Å². The van der Waals surface area contributed by atoms with E-state index in [-0.39, 0.29) is 30.5 Å². The summed E-state index contributed by atoms with van der Waals surface area (Å²) < 4.78 is 5.19. The molecule has 2 aromatic carbocycles. The molecule has 1 atom stereocenters. The van der Waals surface area contributed by atoms with Crippen molar-refractivity contribution in [3.63, 3.8) is 0 Å². The highest BCUT2D eigenvalue weighted by Gasteiger charge is 2.29. The Balaban J connectivity index is 2.31. The minimum Gasteiger partial charge on any atom is -0.497 e. The van der Waals surface area contributed by atoms with Crippen molar-refractivity contribution in [2.75, 3.05) is 13.7 Å². The van der Waals surface area contributed by atoms with E-state index in [0.717, 1.165) is 18.4 Å². The number of carbonyl (C=O) groups is 2. The van der Waals surface area contributed by atoms with Gasteiger partial charge < -0.3 is 15.0 Å². The molecule has 8 nitrogen and oxygen atoms in total. The van der Waals surface area contributed by atoms with Crippen LogP contribution in [0.3, 0.4) is 0 Å². The van der Waals surface area contributed by atoms with Crippen molar-refractivity contribution < 1.29 is 19.2 Å². The van der Waals surface area contributed by atoms with Crippen molar-refractivity contribution >= 4 is 17.5 Å².